The molecule has 0 aliphatic rings. The monoisotopic (exact) mass is 440 g/mol. The van der Waals surface area contributed by atoms with Crippen molar-refractivity contribution >= 4 is 39.8 Å². The highest BCUT2D eigenvalue weighted by Gasteiger charge is 2.11. The van der Waals surface area contributed by atoms with Crippen LogP contribution in [0, 0.1) is 0 Å². The highest BCUT2D eigenvalue weighted by Crippen LogP contribution is 2.23. The highest BCUT2D eigenvalue weighted by molar-refractivity contribution is 6.22. The van der Waals surface area contributed by atoms with Crippen LogP contribution in [-0.2, 0) is 0 Å². The number of nitrogens with zero attached hydrogens (tertiary/aromatic N) is 5. The number of hydrogen-bond donors (Lipinski definition) is 3. The van der Waals surface area contributed by atoms with Crippen LogP contribution in [0.25, 0.3) is 16.6 Å². The van der Waals surface area contributed by atoms with E-state index in [1.54, 1.807) is 24.8 Å². The number of pyridine rings is 3. The summed E-state index contributed by atoms with van der Waals surface area (Å²) in [6.07, 6.45) is 8.92. The van der Waals surface area contributed by atoms with E-state index < -0.39 is 0 Å². The summed E-state index contributed by atoms with van der Waals surface area (Å²) in [5.74, 6) is 2.01. The number of anilines is 2. The van der Waals surface area contributed by atoms with Crippen molar-refractivity contribution in [1.29, 1.82) is 0 Å². The van der Waals surface area contributed by atoms with Gasteiger partial charge >= 0.3 is 0 Å². The largest absolute Gasteiger partial charge is 0.393 e. The standard InChI is InChI=1S/C24H25N9/c1-15(2)16-10-23(33-29-12-16)32-22-7-6-20-21(31-22)9-17(11-28-20)19(14-26-3)24(25)30-18-5-4-8-27-13-18/h4-15,26H,1-3H3,(H2,25,30)(H,31,32,33)/p+1/b19-14-. The molecule has 0 saturated carbocycles. The molecule has 0 unspecified atom stereocenters. The van der Waals surface area contributed by atoms with Gasteiger partial charge in [0.1, 0.15) is 17.3 Å². The number of nitrogens with two attached hydrogens (primary N) is 1. The van der Waals surface area contributed by atoms with Crippen LogP contribution < -0.4 is 21.4 Å². The predicted octanol–water partition coefficient (Wildman–Crippen LogP) is 3.35. The van der Waals surface area contributed by atoms with Crippen LogP contribution in [-0.4, -0.2) is 33.0 Å². The molecule has 9 heteroatoms. The van der Waals surface area contributed by atoms with Crippen molar-refractivity contribution in [2.75, 3.05) is 12.4 Å². The second-order valence-corrected chi connectivity index (χ2v) is 7.72. The normalized spacial score (nSPS) is 12.2. The lowest BCUT2D eigenvalue weighted by Crippen LogP contribution is -2.16. The Morgan fingerprint density at radius 2 is 2.00 bits per heavy atom. The van der Waals surface area contributed by atoms with E-state index in [1.165, 1.54) is 0 Å². The van der Waals surface area contributed by atoms with Gasteiger partial charge in [0.15, 0.2) is 18.2 Å². The number of fused-ring (bicyclic) bond motifs is 1. The van der Waals surface area contributed by atoms with Gasteiger partial charge in [-0.15, -0.1) is 5.10 Å². The minimum absolute atomic E-state index is 0.357. The molecule has 0 radical (unpaired) electrons. The average Bonchev–Trinajstić information content (AvgIpc) is 2.83. The number of aromatic amines is 1. The number of rotatable bonds is 7. The van der Waals surface area contributed by atoms with Crippen molar-refractivity contribution in [2.45, 2.75) is 19.8 Å². The quantitative estimate of drug-likeness (QED) is 0.297. The maximum absolute atomic E-state index is 6.33. The van der Waals surface area contributed by atoms with Crippen LogP contribution in [0.15, 0.2) is 72.4 Å². The fourth-order valence-corrected chi connectivity index (χ4v) is 3.22. The van der Waals surface area contributed by atoms with Crippen molar-refractivity contribution in [2.24, 2.45) is 10.7 Å². The van der Waals surface area contributed by atoms with Gasteiger partial charge in [-0.2, -0.15) is 5.10 Å². The molecule has 0 saturated heterocycles. The molecule has 33 heavy (non-hydrogen) atoms. The molecule has 4 aromatic heterocycles. The molecule has 0 fully saturated rings. The lowest BCUT2D eigenvalue weighted by Gasteiger charge is -2.10. The molecule has 0 aliphatic carbocycles. The molecule has 4 aromatic rings. The minimum atomic E-state index is 0.357. The molecule has 0 aromatic carbocycles. The lowest BCUT2D eigenvalue weighted by atomic mass is 10.1. The molecular weight excluding hydrogens is 414 g/mol. The number of amidine groups is 1. The molecular formula is C24H26N9+. The smallest absolute Gasteiger partial charge is 0.193 e. The van der Waals surface area contributed by atoms with Crippen LogP contribution in [0.3, 0.4) is 0 Å². The molecule has 0 spiro atoms. The van der Waals surface area contributed by atoms with E-state index in [0.29, 0.717) is 34.5 Å². The lowest BCUT2D eigenvalue weighted by molar-refractivity contribution is -0.377. The maximum atomic E-state index is 6.33. The van der Waals surface area contributed by atoms with Gasteiger partial charge in [0.2, 0.25) is 0 Å². The summed E-state index contributed by atoms with van der Waals surface area (Å²) in [6, 6.07) is 11.4. The average molecular weight is 441 g/mol. The summed E-state index contributed by atoms with van der Waals surface area (Å²) < 4.78 is 0. The van der Waals surface area contributed by atoms with Crippen molar-refractivity contribution in [3.05, 3.63) is 78.5 Å². The molecule has 166 valence electrons. The van der Waals surface area contributed by atoms with Crippen LogP contribution >= 0.6 is 0 Å². The number of H-pyrrole nitrogens is 1. The summed E-state index contributed by atoms with van der Waals surface area (Å²) in [5, 5.41) is 14.5. The van der Waals surface area contributed by atoms with Gasteiger partial charge in [0.25, 0.3) is 0 Å². The molecule has 0 bridgehead atoms. The third-order valence-electron chi connectivity index (χ3n) is 4.95. The van der Waals surface area contributed by atoms with Gasteiger partial charge in [0.05, 0.1) is 17.2 Å². The predicted molar refractivity (Wildman–Crippen MR) is 130 cm³/mol. The Hall–Kier alpha value is -4.40. The van der Waals surface area contributed by atoms with Crippen molar-refractivity contribution in [3.63, 3.8) is 0 Å². The summed E-state index contributed by atoms with van der Waals surface area (Å²) >= 11 is 0. The molecule has 5 N–H and O–H groups in total. The summed E-state index contributed by atoms with van der Waals surface area (Å²) in [7, 11) is 1.81. The minimum Gasteiger partial charge on any atom is -0.393 e. The first-order valence-corrected chi connectivity index (χ1v) is 10.6. The first-order valence-electron chi connectivity index (χ1n) is 10.6. The third kappa shape index (κ3) is 5.27. The third-order valence-corrected chi connectivity index (χ3v) is 4.95. The van der Waals surface area contributed by atoms with Crippen molar-refractivity contribution < 1.29 is 4.98 Å². The Labute approximate surface area is 191 Å². The SMILES string of the molecule is CN/C=C(\C(N)=Nc1ccc[nH+]c1)c1cnc2ccc(Nc3cc(C(C)C)cnn3)nc2c1. The Bertz CT molecular complexity index is 1310. The van der Waals surface area contributed by atoms with E-state index in [9.17, 15) is 0 Å². The fraction of sp³-hybridized carbons (Fsp3) is 0.167. The van der Waals surface area contributed by atoms with Crippen LogP contribution in [0.1, 0.15) is 30.9 Å². The molecule has 4 rings (SSSR count). The maximum Gasteiger partial charge on any atom is 0.193 e. The molecule has 4 heterocycles. The van der Waals surface area contributed by atoms with E-state index in [0.717, 1.165) is 22.3 Å². The van der Waals surface area contributed by atoms with Gasteiger partial charge in [-0.3, -0.25) is 4.98 Å². The van der Waals surface area contributed by atoms with Crippen LogP contribution in [0.2, 0.25) is 0 Å². The topological polar surface area (TPSA) is 128 Å². The van der Waals surface area contributed by atoms with Gasteiger partial charge in [-0.25, -0.2) is 15.0 Å². The van der Waals surface area contributed by atoms with Crippen LogP contribution in [0.4, 0.5) is 17.3 Å². The van der Waals surface area contributed by atoms with E-state index in [4.69, 9.17) is 10.7 Å². The molecule has 0 aliphatic heterocycles. The highest BCUT2D eigenvalue weighted by atomic mass is 15.2. The van der Waals surface area contributed by atoms with E-state index in [1.807, 2.05) is 49.6 Å². The second kappa shape index (κ2) is 9.82. The van der Waals surface area contributed by atoms with E-state index in [2.05, 4.69) is 49.6 Å². The first-order chi connectivity index (χ1) is 16.0. The van der Waals surface area contributed by atoms with Gasteiger partial charge < -0.3 is 16.4 Å². The fourth-order valence-electron chi connectivity index (χ4n) is 3.22. The molecule has 0 amide bonds. The van der Waals surface area contributed by atoms with Crippen LogP contribution in [0.5, 0.6) is 0 Å². The zero-order valence-electron chi connectivity index (χ0n) is 18.7. The first kappa shape index (κ1) is 21.8. The summed E-state index contributed by atoms with van der Waals surface area (Å²) in [5.41, 5.74) is 11.2. The summed E-state index contributed by atoms with van der Waals surface area (Å²) in [4.78, 5) is 16.8. The van der Waals surface area contributed by atoms with E-state index in [-0.39, 0.29) is 0 Å². The zero-order chi connectivity index (χ0) is 23.2. The molecule has 9 nitrogen and oxygen atoms in total. The van der Waals surface area contributed by atoms with Crippen molar-refractivity contribution in [1.82, 2.24) is 25.5 Å². The van der Waals surface area contributed by atoms with Gasteiger partial charge in [-0.1, -0.05) is 13.8 Å². The van der Waals surface area contributed by atoms with E-state index >= 15 is 0 Å². The molecule has 0 atom stereocenters. The number of nitrogens with one attached hydrogen (secondary N) is 3. The number of hydrogen-bond acceptors (Lipinski definition) is 7. The Morgan fingerprint density at radius 1 is 1.12 bits per heavy atom. The second-order valence-electron chi connectivity index (χ2n) is 7.72. The van der Waals surface area contributed by atoms with Gasteiger partial charge in [0, 0.05) is 36.6 Å². The zero-order valence-corrected chi connectivity index (χ0v) is 18.7. The summed E-state index contributed by atoms with van der Waals surface area (Å²) in [6.45, 7) is 4.23. The number of aliphatic imine (C=N–C) groups is 1. The number of aromatic nitrogens is 5. The Kier molecular flexibility index (Phi) is 6.49. The van der Waals surface area contributed by atoms with Crippen molar-refractivity contribution in [3.8, 4) is 0 Å². The van der Waals surface area contributed by atoms with Gasteiger partial charge in [-0.05, 0) is 41.8 Å². The Balaban J connectivity index is 1.67. The Morgan fingerprint density at radius 3 is 2.76 bits per heavy atom.